The first-order valence-electron chi connectivity index (χ1n) is 4.56. The second-order valence-electron chi connectivity index (χ2n) is 2.93. The topological polar surface area (TPSA) is 44.1 Å². The van der Waals surface area contributed by atoms with Gasteiger partial charge in [0.25, 0.3) is 0 Å². The summed E-state index contributed by atoms with van der Waals surface area (Å²) in [4.78, 5) is 11.5. The van der Waals surface area contributed by atoms with Crippen LogP contribution in [-0.4, -0.2) is 15.7 Å². The molecule has 0 saturated carbocycles. The van der Waals surface area contributed by atoms with Crippen LogP contribution in [0.15, 0.2) is 29.2 Å². The lowest BCUT2D eigenvalue weighted by Crippen LogP contribution is -2.06. The molecule has 5 heteroatoms. The highest BCUT2D eigenvalue weighted by molar-refractivity contribution is 7.08. The number of aromatic nitrogens is 2. The molecule has 0 bridgehead atoms. The molecule has 15 heavy (non-hydrogen) atoms. The van der Waals surface area contributed by atoms with Crippen LogP contribution < -0.4 is 4.74 Å². The molecule has 2 heterocycles. The standard InChI is InChI=1S/C10H10N2O2S/c1-2-12-6-9(5-11-12)14-10(13)8-3-4-15-7-8/h3-7H,2H2,1H3. The lowest BCUT2D eigenvalue weighted by molar-refractivity contribution is 0.0735. The molecule has 0 atom stereocenters. The maximum absolute atomic E-state index is 11.5. The lowest BCUT2D eigenvalue weighted by Gasteiger charge is -1.97. The molecule has 0 aliphatic heterocycles. The molecule has 0 unspecified atom stereocenters. The van der Waals surface area contributed by atoms with Gasteiger partial charge in [-0.05, 0) is 18.4 Å². The van der Waals surface area contributed by atoms with Crippen molar-refractivity contribution in [3.05, 3.63) is 34.8 Å². The van der Waals surface area contributed by atoms with E-state index in [1.807, 2.05) is 12.3 Å². The molecule has 2 aromatic heterocycles. The first-order valence-corrected chi connectivity index (χ1v) is 5.50. The summed E-state index contributed by atoms with van der Waals surface area (Å²) in [6.45, 7) is 2.73. The molecule has 0 radical (unpaired) electrons. The third-order valence-corrected chi connectivity index (χ3v) is 2.58. The van der Waals surface area contributed by atoms with Crippen molar-refractivity contribution in [2.24, 2.45) is 0 Å². The van der Waals surface area contributed by atoms with E-state index in [0.29, 0.717) is 11.3 Å². The van der Waals surface area contributed by atoms with E-state index in [1.165, 1.54) is 17.5 Å². The van der Waals surface area contributed by atoms with Gasteiger partial charge < -0.3 is 4.74 Å². The molecule has 2 rings (SSSR count). The number of carbonyl (C=O) groups is 1. The van der Waals surface area contributed by atoms with Crippen molar-refractivity contribution in [1.29, 1.82) is 0 Å². The molecule has 0 aromatic carbocycles. The Balaban J connectivity index is 2.06. The third-order valence-electron chi connectivity index (χ3n) is 1.90. The van der Waals surface area contributed by atoms with E-state index in [0.717, 1.165) is 6.54 Å². The number of aryl methyl sites for hydroxylation is 1. The molecule has 0 amide bonds. The summed E-state index contributed by atoms with van der Waals surface area (Å²) in [5, 5.41) is 7.61. The number of thiophene rings is 1. The van der Waals surface area contributed by atoms with Gasteiger partial charge in [0, 0.05) is 11.9 Å². The predicted octanol–water partition coefficient (Wildman–Crippen LogP) is 2.18. The summed E-state index contributed by atoms with van der Waals surface area (Å²) < 4.78 is 6.83. The highest BCUT2D eigenvalue weighted by atomic mass is 32.1. The number of hydrogen-bond acceptors (Lipinski definition) is 4. The van der Waals surface area contributed by atoms with Gasteiger partial charge in [-0.2, -0.15) is 16.4 Å². The summed E-state index contributed by atoms with van der Waals surface area (Å²) in [6, 6.07) is 1.73. The van der Waals surface area contributed by atoms with E-state index in [-0.39, 0.29) is 5.97 Å². The molecule has 0 saturated heterocycles. The van der Waals surface area contributed by atoms with E-state index in [4.69, 9.17) is 4.74 Å². The Morgan fingerprint density at radius 3 is 3.13 bits per heavy atom. The van der Waals surface area contributed by atoms with Gasteiger partial charge in [0.15, 0.2) is 5.75 Å². The number of rotatable bonds is 3. The van der Waals surface area contributed by atoms with E-state index in [1.54, 1.807) is 22.3 Å². The molecule has 4 nitrogen and oxygen atoms in total. The van der Waals surface area contributed by atoms with Crippen LogP contribution in [0.25, 0.3) is 0 Å². The summed E-state index contributed by atoms with van der Waals surface area (Å²) in [7, 11) is 0. The molecule has 0 spiro atoms. The molecular formula is C10H10N2O2S. The molecule has 0 N–H and O–H groups in total. The molecule has 0 aliphatic carbocycles. The van der Waals surface area contributed by atoms with Gasteiger partial charge in [0.1, 0.15) is 0 Å². The Morgan fingerprint density at radius 1 is 1.67 bits per heavy atom. The van der Waals surface area contributed by atoms with Crippen molar-refractivity contribution >= 4 is 17.3 Å². The fourth-order valence-corrected chi connectivity index (χ4v) is 1.74. The van der Waals surface area contributed by atoms with Crippen LogP contribution in [0.5, 0.6) is 5.75 Å². The fourth-order valence-electron chi connectivity index (χ4n) is 1.12. The Bertz CT molecular complexity index is 448. The second kappa shape index (κ2) is 4.27. The van der Waals surface area contributed by atoms with Crippen molar-refractivity contribution in [3.8, 4) is 5.75 Å². The predicted molar refractivity (Wildman–Crippen MR) is 57.2 cm³/mol. The van der Waals surface area contributed by atoms with Gasteiger partial charge in [-0.25, -0.2) is 4.79 Å². The van der Waals surface area contributed by atoms with Crippen molar-refractivity contribution in [3.63, 3.8) is 0 Å². The van der Waals surface area contributed by atoms with Gasteiger partial charge in [-0.3, -0.25) is 4.68 Å². The average molecular weight is 222 g/mol. The van der Waals surface area contributed by atoms with Gasteiger partial charge in [0.05, 0.1) is 18.0 Å². The Morgan fingerprint density at radius 2 is 2.53 bits per heavy atom. The van der Waals surface area contributed by atoms with E-state index in [9.17, 15) is 4.79 Å². The van der Waals surface area contributed by atoms with E-state index >= 15 is 0 Å². The summed E-state index contributed by atoms with van der Waals surface area (Å²) >= 11 is 1.47. The fraction of sp³-hybridized carbons (Fsp3) is 0.200. The minimum absolute atomic E-state index is 0.341. The van der Waals surface area contributed by atoms with Crippen molar-refractivity contribution in [1.82, 2.24) is 9.78 Å². The zero-order chi connectivity index (χ0) is 10.7. The van der Waals surface area contributed by atoms with Crippen LogP contribution in [0, 0.1) is 0 Å². The summed E-state index contributed by atoms with van der Waals surface area (Å²) in [5.74, 6) is 0.139. The van der Waals surface area contributed by atoms with E-state index in [2.05, 4.69) is 5.10 Å². The lowest BCUT2D eigenvalue weighted by atomic mass is 10.3. The summed E-state index contributed by atoms with van der Waals surface area (Å²) in [5.41, 5.74) is 0.573. The second-order valence-corrected chi connectivity index (χ2v) is 3.71. The normalized spacial score (nSPS) is 10.2. The minimum Gasteiger partial charge on any atom is -0.420 e. The highest BCUT2D eigenvalue weighted by Gasteiger charge is 2.09. The summed E-state index contributed by atoms with van der Waals surface area (Å²) in [6.07, 6.45) is 3.23. The number of hydrogen-bond donors (Lipinski definition) is 0. The van der Waals surface area contributed by atoms with Gasteiger partial charge in [0.2, 0.25) is 0 Å². The van der Waals surface area contributed by atoms with Crippen LogP contribution in [-0.2, 0) is 6.54 Å². The van der Waals surface area contributed by atoms with Crippen LogP contribution in [0.2, 0.25) is 0 Å². The number of esters is 1. The first-order chi connectivity index (χ1) is 7.29. The molecule has 2 aromatic rings. The maximum atomic E-state index is 11.5. The van der Waals surface area contributed by atoms with Crippen LogP contribution in [0.4, 0.5) is 0 Å². The van der Waals surface area contributed by atoms with Crippen molar-refractivity contribution in [2.75, 3.05) is 0 Å². The van der Waals surface area contributed by atoms with Crippen LogP contribution >= 0.6 is 11.3 Å². The van der Waals surface area contributed by atoms with Crippen molar-refractivity contribution < 1.29 is 9.53 Å². The molecule has 0 fully saturated rings. The minimum atomic E-state index is -0.341. The first kappa shape index (κ1) is 9.92. The van der Waals surface area contributed by atoms with Crippen molar-refractivity contribution in [2.45, 2.75) is 13.5 Å². The zero-order valence-electron chi connectivity index (χ0n) is 8.21. The van der Waals surface area contributed by atoms with Gasteiger partial charge >= 0.3 is 5.97 Å². The number of carbonyl (C=O) groups excluding carboxylic acids is 1. The van der Waals surface area contributed by atoms with Crippen LogP contribution in [0.1, 0.15) is 17.3 Å². The van der Waals surface area contributed by atoms with Gasteiger partial charge in [-0.1, -0.05) is 0 Å². The quantitative estimate of drug-likeness (QED) is 0.748. The molecule has 0 aliphatic rings. The average Bonchev–Trinajstić information content (AvgIpc) is 2.87. The Hall–Kier alpha value is -1.62. The largest absolute Gasteiger partial charge is 0.420 e. The zero-order valence-corrected chi connectivity index (χ0v) is 9.03. The maximum Gasteiger partial charge on any atom is 0.344 e. The number of nitrogens with zero attached hydrogens (tertiary/aromatic N) is 2. The van der Waals surface area contributed by atoms with Gasteiger partial charge in [-0.15, -0.1) is 0 Å². The smallest absolute Gasteiger partial charge is 0.344 e. The third kappa shape index (κ3) is 2.24. The Kier molecular flexibility index (Phi) is 2.82. The molecular weight excluding hydrogens is 212 g/mol. The highest BCUT2D eigenvalue weighted by Crippen LogP contribution is 2.13. The monoisotopic (exact) mass is 222 g/mol. The number of ether oxygens (including phenoxy) is 1. The van der Waals surface area contributed by atoms with E-state index < -0.39 is 0 Å². The molecule has 78 valence electrons. The SMILES string of the molecule is CCn1cc(OC(=O)c2ccsc2)cn1. The Labute approximate surface area is 91.1 Å². The van der Waals surface area contributed by atoms with Crippen LogP contribution in [0.3, 0.4) is 0 Å².